The van der Waals surface area contributed by atoms with E-state index in [1.54, 1.807) is 31.2 Å². The SMILES string of the molecule is Cc1cc(NC(=O)CSc2nnnn2-c2cccc(Cl)c2)no1. The van der Waals surface area contributed by atoms with Gasteiger partial charge in [0.05, 0.1) is 11.4 Å². The summed E-state index contributed by atoms with van der Waals surface area (Å²) < 4.78 is 6.40. The molecule has 0 bridgehead atoms. The molecule has 1 N–H and O–H groups in total. The van der Waals surface area contributed by atoms with Crippen molar-refractivity contribution in [1.29, 1.82) is 0 Å². The highest BCUT2D eigenvalue weighted by molar-refractivity contribution is 7.99. The summed E-state index contributed by atoms with van der Waals surface area (Å²) >= 11 is 7.17. The summed E-state index contributed by atoms with van der Waals surface area (Å²) in [6, 6.07) is 8.76. The van der Waals surface area contributed by atoms with Gasteiger partial charge in [-0.1, -0.05) is 34.6 Å². The number of aromatic nitrogens is 5. The van der Waals surface area contributed by atoms with Gasteiger partial charge in [-0.15, -0.1) is 5.10 Å². The first-order chi connectivity index (χ1) is 11.1. The molecule has 1 aromatic carbocycles. The third kappa shape index (κ3) is 3.88. The zero-order valence-corrected chi connectivity index (χ0v) is 13.5. The van der Waals surface area contributed by atoms with Gasteiger partial charge in [0.15, 0.2) is 5.82 Å². The number of anilines is 1. The molecule has 1 amide bonds. The van der Waals surface area contributed by atoms with Crippen molar-refractivity contribution in [1.82, 2.24) is 25.4 Å². The third-order valence-corrected chi connectivity index (χ3v) is 3.88. The van der Waals surface area contributed by atoms with Crippen LogP contribution in [0.2, 0.25) is 5.02 Å². The first kappa shape index (κ1) is 15.5. The maximum atomic E-state index is 11.9. The van der Waals surface area contributed by atoms with Crippen molar-refractivity contribution in [3.8, 4) is 5.69 Å². The standard InChI is InChI=1S/C13H11ClN6O2S/c1-8-5-11(17-22-8)15-12(21)7-23-13-16-18-19-20(13)10-4-2-3-9(14)6-10/h2-6H,7H2,1H3,(H,15,17,21). The number of rotatable bonds is 5. The van der Waals surface area contributed by atoms with Crippen LogP contribution in [-0.4, -0.2) is 37.0 Å². The molecule has 118 valence electrons. The molecule has 0 fully saturated rings. The van der Waals surface area contributed by atoms with Crippen LogP contribution in [0.4, 0.5) is 5.82 Å². The van der Waals surface area contributed by atoms with E-state index in [1.807, 2.05) is 6.07 Å². The lowest BCUT2D eigenvalue weighted by molar-refractivity contribution is -0.113. The van der Waals surface area contributed by atoms with Crippen molar-refractivity contribution in [2.75, 3.05) is 11.1 Å². The van der Waals surface area contributed by atoms with E-state index in [-0.39, 0.29) is 11.7 Å². The predicted octanol–water partition coefficient (Wildman–Crippen LogP) is 2.34. The third-order valence-electron chi connectivity index (χ3n) is 2.72. The molecule has 3 aromatic rings. The van der Waals surface area contributed by atoms with Crippen molar-refractivity contribution in [3.05, 3.63) is 41.1 Å². The molecule has 3 rings (SSSR count). The van der Waals surface area contributed by atoms with Crippen molar-refractivity contribution in [3.63, 3.8) is 0 Å². The van der Waals surface area contributed by atoms with Crippen molar-refractivity contribution < 1.29 is 9.32 Å². The van der Waals surface area contributed by atoms with Gasteiger partial charge < -0.3 is 9.84 Å². The van der Waals surface area contributed by atoms with Crippen molar-refractivity contribution in [2.45, 2.75) is 12.1 Å². The first-order valence-corrected chi connectivity index (χ1v) is 7.88. The monoisotopic (exact) mass is 350 g/mol. The molecule has 0 atom stereocenters. The summed E-state index contributed by atoms with van der Waals surface area (Å²) in [7, 11) is 0. The minimum atomic E-state index is -0.232. The Balaban J connectivity index is 1.65. The summed E-state index contributed by atoms with van der Waals surface area (Å²) in [5.74, 6) is 0.900. The number of amides is 1. The van der Waals surface area contributed by atoms with Crippen LogP contribution >= 0.6 is 23.4 Å². The highest BCUT2D eigenvalue weighted by Crippen LogP contribution is 2.20. The van der Waals surface area contributed by atoms with Gasteiger partial charge in [0.2, 0.25) is 11.1 Å². The number of aryl methyl sites for hydroxylation is 1. The van der Waals surface area contributed by atoms with Gasteiger partial charge in [0.1, 0.15) is 5.76 Å². The molecule has 2 aromatic heterocycles. The molecule has 0 spiro atoms. The summed E-state index contributed by atoms with van der Waals surface area (Å²) in [5.41, 5.74) is 0.720. The number of hydrogen-bond acceptors (Lipinski definition) is 7. The van der Waals surface area contributed by atoms with Gasteiger partial charge in [-0.2, -0.15) is 4.68 Å². The van der Waals surface area contributed by atoms with E-state index in [0.717, 1.165) is 5.69 Å². The Morgan fingerprint density at radius 3 is 3.04 bits per heavy atom. The second kappa shape index (κ2) is 6.80. The number of hydrogen-bond donors (Lipinski definition) is 1. The van der Waals surface area contributed by atoms with Gasteiger partial charge in [0, 0.05) is 11.1 Å². The summed E-state index contributed by atoms with van der Waals surface area (Å²) in [5, 5.41) is 18.8. The van der Waals surface area contributed by atoms with Gasteiger partial charge in [-0.25, -0.2) is 0 Å². The average Bonchev–Trinajstić information content (AvgIpc) is 3.14. The first-order valence-electron chi connectivity index (χ1n) is 6.52. The van der Waals surface area contributed by atoms with E-state index < -0.39 is 0 Å². The molecule has 0 saturated carbocycles. The molecular weight excluding hydrogens is 340 g/mol. The summed E-state index contributed by atoms with van der Waals surface area (Å²) in [4.78, 5) is 11.9. The average molecular weight is 351 g/mol. The van der Waals surface area contributed by atoms with Crippen LogP contribution in [0.1, 0.15) is 5.76 Å². The Labute approximate surface area is 140 Å². The minimum absolute atomic E-state index is 0.132. The van der Waals surface area contributed by atoms with Gasteiger partial charge in [0.25, 0.3) is 0 Å². The molecule has 2 heterocycles. The Morgan fingerprint density at radius 2 is 2.30 bits per heavy atom. The maximum absolute atomic E-state index is 11.9. The van der Waals surface area contributed by atoms with Crippen molar-refractivity contribution in [2.24, 2.45) is 0 Å². The second-order valence-corrected chi connectivity index (χ2v) is 5.89. The second-order valence-electron chi connectivity index (χ2n) is 4.51. The number of nitrogens with one attached hydrogen (secondary N) is 1. The number of benzene rings is 1. The van der Waals surface area contributed by atoms with Crippen LogP contribution in [0, 0.1) is 6.92 Å². The maximum Gasteiger partial charge on any atom is 0.236 e. The highest BCUT2D eigenvalue weighted by atomic mass is 35.5. The molecule has 0 saturated heterocycles. The molecule has 23 heavy (non-hydrogen) atoms. The number of carbonyl (C=O) groups excluding carboxylic acids is 1. The molecule has 0 aliphatic rings. The summed E-state index contributed by atoms with van der Waals surface area (Å²) in [6.45, 7) is 1.75. The fourth-order valence-electron chi connectivity index (χ4n) is 1.77. The van der Waals surface area contributed by atoms with Gasteiger partial charge in [-0.05, 0) is 35.5 Å². The summed E-state index contributed by atoms with van der Waals surface area (Å²) in [6.07, 6.45) is 0. The van der Waals surface area contributed by atoms with Gasteiger partial charge >= 0.3 is 0 Å². The van der Waals surface area contributed by atoms with Gasteiger partial charge in [-0.3, -0.25) is 4.79 Å². The Hall–Kier alpha value is -2.39. The predicted molar refractivity (Wildman–Crippen MR) is 84.8 cm³/mol. The smallest absolute Gasteiger partial charge is 0.236 e. The van der Waals surface area contributed by atoms with Crippen LogP contribution in [0.3, 0.4) is 0 Å². The number of tetrazole rings is 1. The topological polar surface area (TPSA) is 98.7 Å². The molecule has 8 nitrogen and oxygen atoms in total. The molecule has 0 aliphatic heterocycles. The normalized spacial score (nSPS) is 10.7. The molecule has 0 aliphatic carbocycles. The Morgan fingerprint density at radius 1 is 1.43 bits per heavy atom. The molecule has 0 unspecified atom stereocenters. The van der Waals surface area contributed by atoms with Crippen LogP contribution in [0.25, 0.3) is 5.69 Å². The zero-order chi connectivity index (χ0) is 16.2. The zero-order valence-electron chi connectivity index (χ0n) is 11.9. The van der Waals surface area contributed by atoms with E-state index in [1.165, 1.54) is 16.4 Å². The minimum Gasteiger partial charge on any atom is -0.360 e. The Bertz CT molecular complexity index is 833. The fraction of sp³-hybridized carbons (Fsp3) is 0.154. The number of carbonyl (C=O) groups is 1. The largest absolute Gasteiger partial charge is 0.360 e. The number of halogens is 1. The number of thioether (sulfide) groups is 1. The van der Waals surface area contributed by atoms with Crippen LogP contribution < -0.4 is 5.32 Å². The van der Waals surface area contributed by atoms with E-state index in [0.29, 0.717) is 21.8 Å². The molecular formula is C13H11ClN6O2S. The van der Waals surface area contributed by atoms with Crippen molar-refractivity contribution >= 4 is 35.1 Å². The van der Waals surface area contributed by atoms with E-state index in [4.69, 9.17) is 16.1 Å². The van der Waals surface area contributed by atoms with E-state index >= 15 is 0 Å². The lowest BCUT2D eigenvalue weighted by Gasteiger charge is -2.04. The van der Waals surface area contributed by atoms with Crippen LogP contribution in [-0.2, 0) is 4.79 Å². The van der Waals surface area contributed by atoms with Crippen LogP contribution in [0.5, 0.6) is 0 Å². The van der Waals surface area contributed by atoms with Crippen LogP contribution in [0.15, 0.2) is 40.0 Å². The quantitative estimate of drug-likeness (QED) is 0.705. The number of nitrogens with zero attached hydrogens (tertiary/aromatic N) is 5. The highest BCUT2D eigenvalue weighted by Gasteiger charge is 2.13. The van der Waals surface area contributed by atoms with E-state index in [2.05, 4.69) is 26.0 Å². The molecule has 10 heteroatoms. The molecule has 0 radical (unpaired) electrons. The lowest BCUT2D eigenvalue weighted by Crippen LogP contribution is -2.14. The fourth-order valence-corrected chi connectivity index (χ4v) is 2.65. The Kier molecular flexibility index (Phi) is 4.58. The lowest BCUT2D eigenvalue weighted by atomic mass is 10.3. The van der Waals surface area contributed by atoms with E-state index in [9.17, 15) is 4.79 Å².